The van der Waals surface area contributed by atoms with Crippen LogP contribution in [0.15, 0.2) is 34.9 Å². The van der Waals surface area contributed by atoms with Crippen LogP contribution in [0.5, 0.6) is 0 Å². The summed E-state index contributed by atoms with van der Waals surface area (Å²) in [6.45, 7) is 3.39. The van der Waals surface area contributed by atoms with Gasteiger partial charge in [0, 0.05) is 40.9 Å². The first-order valence-electron chi connectivity index (χ1n) is 7.59. The molecule has 5 nitrogen and oxygen atoms in total. The van der Waals surface area contributed by atoms with E-state index >= 15 is 0 Å². The average molecular weight is 361 g/mol. The Balaban J connectivity index is 1.69. The van der Waals surface area contributed by atoms with Crippen molar-refractivity contribution < 1.29 is 4.52 Å². The summed E-state index contributed by atoms with van der Waals surface area (Å²) in [6, 6.07) is 9.51. The molecule has 7 heteroatoms. The lowest BCUT2D eigenvalue weighted by molar-refractivity contribution is 0.424. The molecule has 0 fully saturated rings. The molecule has 1 aliphatic rings. The molecule has 4 rings (SSSR count). The van der Waals surface area contributed by atoms with E-state index in [1.54, 1.807) is 0 Å². The summed E-state index contributed by atoms with van der Waals surface area (Å²) in [4.78, 5) is 10.6. The van der Waals surface area contributed by atoms with E-state index in [2.05, 4.69) is 20.0 Å². The van der Waals surface area contributed by atoms with Crippen LogP contribution in [0, 0.1) is 6.92 Å². The second-order valence-corrected chi connectivity index (χ2v) is 6.53. The van der Waals surface area contributed by atoms with E-state index in [0.717, 1.165) is 47.1 Å². The number of fused-ring (bicyclic) bond motifs is 1. The Morgan fingerprint density at radius 1 is 1.12 bits per heavy atom. The van der Waals surface area contributed by atoms with Gasteiger partial charge in [-0.3, -0.25) is 0 Å². The van der Waals surface area contributed by atoms with Gasteiger partial charge in [-0.2, -0.15) is 0 Å². The minimum absolute atomic E-state index is 0.263. The van der Waals surface area contributed by atoms with Crippen LogP contribution in [0.1, 0.15) is 17.0 Å². The van der Waals surface area contributed by atoms with Crippen LogP contribution >= 0.6 is 23.2 Å². The van der Waals surface area contributed by atoms with Gasteiger partial charge in [-0.15, -0.1) is 0 Å². The van der Waals surface area contributed by atoms with Crippen molar-refractivity contribution in [2.45, 2.75) is 19.9 Å². The van der Waals surface area contributed by atoms with E-state index in [-0.39, 0.29) is 5.28 Å². The van der Waals surface area contributed by atoms with Crippen LogP contribution in [0.4, 0.5) is 5.82 Å². The Morgan fingerprint density at radius 2 is 1.92 bits per heavy atom. The third kappa shape index (κ3) is 2.85. The van der Waals surface area contributed by atoms with E-state index < -0.39 is 0 Å². The first-order valence-corrected chi connectivity index (χ1v) is 8.35. The summed E-state index contributed by atoms with van der Waals surface area (Å²) in [5, 5.41) is 5.18. The van der Waals surface area contributed by atoms with Gasteiger partial charge in [0.25, 0.3) is 0 Å². The number of aryl methyl sites for hydroxylation is 1. The number of hydrogen-bond donors (Lipinski definition) is 0. The van der Waals surface area contributed by atoms with Crippen molar-refractivity contribution in [3.8, 4) is 11.3 Å². The Kier molecular flexibility index (Phi) is 3.90. The summed E-state index contributed by atoms with van der Waals surface area (Å²) in [6.07, 6.45) is 0.799. The topological polar surface area (TPSA) is 55.1 Å². The van der Waals surface area contributed by atoms with E-state index in [1.165, 1.54) is 0 Å². The van der Waals surface area contributed by atoms with Crippen LogP contribution in [-0.2, 0) is 13.0 Å². The molecule has 0 atom stereocenters. The zero-order chi connectivity index (χ0) is 16.7. The van der Waals surface area contributed by atoms with Crippen molar-refractivity contribution in [1.29, 1.82) is 0 Å². The maximum Gasteiger partial charge on any atom is 0.224 e. The van der Waals surface area contributed by atoms with Crippen molar-refractivity contribution in [3.63, 3.8) is 0 Å². The van der Waals surface area contributed by atoms with Gasteiger partial charge in [0.05, 0.1) is 12.2 Å². The lowest BCUT2D eigenvalue weighted by Crippen LogP contribution is -2.31. The zero-order valence-electron chi connectivity index (χ0n) is 13.0. The molecule has 0 aliphatic carbocycles. The fourth-order valence-electron chi connectivity index (χ4n) is 2.91. The fourth-order valence-corrected chi connectivity index (χ4v) is 3.26. The first-order chi connectivity index (χ1) is 11.6. The second-order valence-electron chi connectivity index (χ2n) is 5.75. The summed E-state index contributed by atoms with van der Waals surface area (Å²) < 4.78 is 5.60. The van der Waals surface area contributed by atoms with E-state index in [1.807, 2.05) is 37.3 Å². The van der Waals surface area contributed by atoms with Gasteiger partial charge >= 0.3 is 0 Å². The highest BCUT2D eigenvalue weighted by atomic mass is 35.5. The molecule has 0 amide bonds. The molecule has 2 aromatic heterocycles. The predicted octanol–water partition coefficient (Wildman–Crippen LogP) is 4.31. The van der Waals surface area contributed by atoms with Crippen molar-refractivity contribution in [2.75, 3.05) is 11.4 Å². The maximum atomic E-state index is 6.00. The van der Waals surface area contributed by atoms with Crippen molar-refractivity contribution in [3.05, 3.63) is 57.6 Å². The van der Waals surface area contributed by atoms with Crippen LogP contribution in [0.2, 0.25) is 10.3 Å². The number of benzene rings is 1. The minimum atomic E-state index is 0.263. The van der Waals surface area contributed by atoms with Crippen molar-refractivity contribution >= 4 is 29.0 Å². The Labute approximate surface area is 149 Å². The lowest BCUT2D eigenvalue weighted by atomic mass is 10.0. The standard InChI is InChI=1S/C17H14Cl2N4O/c1-10-8-15(21-17(19)20-10)23-7-6-14-13(9-23)16(24-22-14)11-2-4-12(18)5-3-11/h2-5,8H,6-7,9H2,1H3. The smallest absolute Gasteiger partial charge is 0.224 e. The fraction of sp³-hybridized carbons (Fsp3) is 0.235. The number of rotatable bonds is 2. The normalized spacial score (nSPS) is 13.9. The molecule has 3 heterocycles. The average Bonchev–Trinajstić information content (AvgIpc) is 2.98. The highest BCUT2D eigenvalue weighted by Crippen LogP contribution is 2.32. The molecule has 3 aromatic rings. The lowest BCUT2D eigenvalue weighted by Gasteiger charge is -2.27. The van der Waals surface area contributed by atoms with E-state index in [9.17, 15) is 0 Å². The third-order valence-electron chi connectivity index (χ3n) is 4.08. The van der Waals surface area contributed by atoms with Gasteiger partial charge in [-0.05, 0) is 42.8 Å². The first kappa shape index (κ1) is 15.4. The van der Waals surface area contributed by atoms with Crippen molar-refractivity contribution in [1.82, 2.24) is 15.1 Å². The minimum Gasteiger partial charge on any atom is -0.356 e. The Hall–Kier alpha value is -2.11. The largest absolute Gasteiger partial charge is 0.356 e. The number of anilines is 1. The highest BCUT2D eigenvalue weighted by Gasteiger charge is 2.26. The van der Waals surface area contributed by atoms with Gasteiger partial charge in [0.2, 0.25) is 5.28 Å². The van der Waals surface area contributed by atoms with E-state index in [0.29, 0.717) is 11.6 Å². The summed E-state index contributed by atoms with van der Waals surface area (Å²) in [5.74, 6) is 1.60. The van der Waals surface area contributed by atoms with Crippen molar-refractivity contribution in [2.24, 2.45) is 0 Å². The molecule has 0 saturated heterocycles. The number of halogens is 2. The van der Waals surface area contributed by atoms with Crippen LogP contribution in [-0.4, -0.2) is 21.7 Å². The van der Waals surface area contributed by atoms with Crippen LogP contribution in [0.25, 0.3) is 11.3 Å². The van der Waals surface area contributed by atoms with Gasteiger partial charge < -0.3 is 9.42 Å². The number of hydrogen-bond acceptors (Lipinski definition) is 5. The molecule has 0 N–H and O–H groups in total. The summed E-state index contributed by atoms with van der Waals surface area (Å²) in [7, 11) is 0. The molecule has 0 unspecified atom stereocenters. The molecule has 1 aromatic carbocycles. The Bertz CT molecular complexity index is 872. The molecule has 1 aliphatic heterocycles. The van der Waals surface area contributed by atoms with Gasteiger partial charge in [-0.25, -0.2) is 9.97 Å². The molecular weight excluding hydrogens is 347 g/mol. The van der Waals surface area contributed by atoms with Crippen LogP contribution in [0.3, 0.4) is 0 Å². The molecule has 24 heavy (non-hydrogen) atoms. The molecular formula is C17H14Cl2N4O. The second kappa shape index (κ2) is 6.07. The number of nitrogens with zero attached hydrogens (tertiary/aromatic N) is 4. The van der Waals surface area contributed by atoms with Crippen LogP contribution < -0.4 is 4.90 Å². The third-order valence-corrected chi connectivity index (χ3v) is 4.50. The van der Waals surface area contributed by atoms with Gasteiger partial charge in [-0.1, -0.05) is 16.8 Å². The van der Waals surface area contributed by atoms with Gasteiger partial charge in [0.15, 0.2) is 5.76 Å². The zero-order valence-corrected chi connectivity index (χ0v) is 14.5. The number of aromatic nitrogens is 3. The van der Waals surface area contributed by atoms with E-state index in [4.69, 9.17) is 27.7 Å². The molecule has 0 saturated carbocycles. The Morgan fingerprint density at radius 3 is 2.67 bits per heavy atom. The quantitative estimate of drug-likeness (QED) is 0.637. The molecule has 0 spiro atoms. The molecule has 0 radical (unpaired) electrons. The monoisotopic (exact) mass is 360 g/mol. The summed E-state index contributed by atoms with van der Waals surface area (Å²) >= 11 is 12.0. The predicted molar refractivity (Wildman–Crippen MR) is 93.5 cm³/mol. The highest BCUT2D eigenvalue weighted by molar-refractivity contribution is 6.30. The maximum absolute atomic E-state index is 6.00. The van der Waals surface area contributed by atoms with Gasteiger partial charge in [0.1, 0.15) is 5.82 Å². The molecule has 0 bridgehead atoms. The molecule has 122 valence electrons. The summed E-state index contributed by atoms with van der Waals surface area (Å²) in [5.41, 5.74) is 3.88. The SMILES string of the molecule is Cc1cc(N2CCc3noc(-c4ccc(Cl)cc4)c3C2)nc(Cl)n1.